The number of aromatic nitrogens is 1. The van der Waals surface area contributed by atoms with Crippen molar-refractivity contribution in [2.75, 3.05) is 19.8 Å². The van der Waals surface area contributed by atoms with Crippen LogP contribution in [0.15, 0.2) is 6.20 Å². The van der Waals surface area contributed by atoms with Gasteiger partial charge in [0.15, 0.2) is 0 Å². The molecule has 1 aliphatic heterocycles. The second-order valence-electron chi connectivity index (χ2n) is 4.26. The highest BCUT2D eigenvalue weighted by Crippen LogP contribution is 2.19. The van der Waals surface area contributed by atoms with Crippen molar-refractivity contribution in [1.29, 1.82) is 0 Å². The van der Waals surface area contributed by atoms with Crippen molar-refractivity contribution in [3.8, 4) is 0 Å². The molecule has 1 saturated heterocycles. The summed E-state index contributed by atoms with van der Waals surface area (Å²) >= 11 is 1.35. The van der Waals surface area contributed by atoms with Crippen molar-refractivity contribution in [1.82, 2.24) is 10.3 Å². The second kappa shape index (κ2) is 5.12. The van der Waals surface area contributed by atoms with Crippen molar-refractivity contribution < 1.29 is 14.6 Å². The van der Waals surface area contributed by atoms with E-state index >= 15 is 0 Å². The van der Waals surface area contributed by atoms with Gasteiger partial charge in [0.2, 0.25) is 0 Å². The maximum Gasteiger partial charge on any atom is 0.263 e. The molecule has 17 heavy (non-hydrogen) atoms. The predicted octanol–water partition coefficient (Wildman–Crippen LogP) is 0.723. The molecule has 1 aromatic heterocycles. The number of ether oxygens (including phenoxy) is 1. The zero-order valence-corrected chi connectivity index (χ0v) is 10.5. The van der Waals surface area contributed by atoms with Crippen LogP contribution in [0.2, 0.25) is 0 Å². The largest absolute Gasteiger partial charge is 0.388 e. The van der Waals surface area contributed by atoms with Gasteiger partial charge in [0.25, 0.3) is 5.91 Å². The smallest absolute Gasteiger partial charge is 0.263 e. The molecule has 1 fully saturated rings. The average Bonchev–Trinajstić information content (AvgIpc) is 2.74. The van der Waals surface area contributed by atoms with Gasteiger partial charge in [0.1, 0.15) is 4.88 Å². The van der Waals surface area contributed by atoms with Crippen LogP contribution in [-0.2, 0) is 4.74 Å². The number of carbonyl (C=O) groups is 1. The van der Waals surface area contributed by atoms with Crippen LogP contribution in [0.25, 0.3) is 0 Å². The molecule has 5 nitrogen and oxygen atoms in total. The standard InChI is InChI=1S/C11H16N2O3S/c1-8-12-6-9(17-8)10(14)13-7-11(15)2-4-16-5-3-11/h6,15H,2-5,7H2,1H3,(H,13,14). The molecule has 0 aromatic carbocycles. The number of nitrogens with zero attached hydrogens (tertiary/aromatic N) is 1. The maximum atomic E-state index is 11.8. The summed E-state index contributed by atoms with van der Waals surface area (Å²) in [4.78, 5) is 16.4. The van der Waals surface area contributed by atoms with Gasteiger partial charge < -0.3 is 15.2 Å². The molecule has 1 aliphatic rings. The van der Waals surface area contributed by atoms with Gasteiger partial charge in [-0.1, -0.05) is 0 Å². The first-order chi connectivity index (χ1) is 8.09. The lowest BCUT2D eigenvalue weighted by atomic mass is 9.94. The first kappa shape index (κ1) is 12.5. The molecular formula is C11H16N2O3S. The van der Waals surface area contributed by atoms with Crippen molar-refractivity contribution >= 4 is 17.2 Å². The molecular weight excluding hydrogens is 240 g/mol. The molecule has 2 rings (SSSR count). The number of carbonyl (C=O) groups excluding carboxylic acids is 1. The van der Waals surface area contributed by atoms with Gasteiger partial charge in [-0.05, 0) is 6.92 Å². The lowest BCUT2D eigenvalue weighted by molar-refractivity contribution is -0.0605. The Morgan fingerprint density at radius 1 is 1.65 bits per heavy atom. The van der Waals surface area contributed by atoms with E-state index in [1.54, 1.807) is 6.20 Å². The minimum absolute atomic E-state index is 0.171. The van der Waals surface area contributed by atoms with Gasteiger partial charge in [-0.3, -0.25) is 4.79 Å². The summed E-state index contributed by atoms with van der Waals surface area (Å²) in [6.45, 7) is 3.22. The van der Waals surface area contributed by atoms with E-state index in [9.17, 15) is 9.90 Å². The minimum Gasteiger partial charge on any atom is -0.388 e. The van der Waals surface area contributed by atoms with Crippen molar-refractivity contribution in [2.45, 2.75) is 25.4 Å². The lowest BCUT2D eigenvalue weighted by Gasteiger charge is -2.31. The highest BCUT2D eigenvalue weighted by atomic mass is 32.1. The van der Waals surface area contributed by atoms with Gasteiger partial charge in [-0.25, -0.2) is 4.98 Å². The van der Waals surface area contributed by atoms with Gasteiger partial charge >= 0.3 is 0 Å². The summed E-state index contributed by atoms with van der Waals surface area (Å²) in [5, 5.41) is 13.8. The van der Waals surface area contributed by atoms with E-state index in [0.717, 1.165) is 5.01 Å². The Labute approximate surface area is 104 Å². The molecule has 0 spiro atoms. The molecule has 1 amide bonds. The van der Waals surface area contributed by atoms with Crippen LogP contribution in [-0.4, -0.2) is 41.4 Å². The fourth-order valence-electron chi connectivity index (χ4n) is 1.73. The molecule has 2 N–H and O–H groups in total. The zero-order chi connectivity index (χ0) is 12.3. The monoisotopic (exact) mass is 256 g/mol. The van der Waals surface area contributed by atoms with E-state index in [1.165, 1.54) is 11.3 Å². The van der Waals surface area contributed by atoms with Crippen molar-refractivity contribution in [3.05, 3.63) is 16.1 Å². The topological polar surface area (TPSA) is 71.5 Å². The van der Waals surface area contributed by atoms with Crippen LogP contribution in [0.5, 0.6) is 0 Å². The molecule has 2 heterocycles. The highest BCUT2D eigenvalue weighted by Gasteiger charge is 2.30. The first-order valence-corrected chi connectivity index (χ1v) is 6.41. The summed E-state index contributed by atoms with van der Waals surface area (Å²) in [6.07, 6.45) is 2.69. The van der Waals surface area contributed by atoms with E-state index in [-0.39, 0.29) is 12.5 Å². The number of thiazole rings is 1. The maximum absolute atomic E-state index is 11.8. The molecule has 0 radical (unpaired) electrons. The normalized spacial score (nSPS) is 18.9. The quantitative estimate of drug-likeness (QED) is 0.836. The van der Waals surface area contributed by atoms with Crippen LogP contribution in [0.3, 0.4) is 0 Å². The van der Waals surface area contributed by atoms with E-state index in [1.807, 2.05) is 6.92 Å². The average molecular weight is 256 g/mol. The van der Waals surface area contributed by atoms with Crippen LogP contribution < -0.4 is 5.32 Å². The van der Waals surface area contributed by atoms with Gasteiger partial charge in [-0.15, -0.1) is 11.3 Å². The Balaban J connectivity index is 1.87. The summed E-state index contributed by atoms with van der Waals surface area (Å²) in [7, 11) is 0. The van der Waals surface area contributed by atoms with E-state index in [4.69, 9.17) is 4.74 Å². The van der Waals surface area contributed by atoms with Gasteiger partial charge in [0.05, 0.1) is 16.8 Å². The summed E-state index contributed by atoms with van der Waals surface area (Å²) in [5.74, 6) is -0.171. The fourth-order valence-corrected chi connectivity index (χ4v) is 2.42. The molecule has 0 saturated carbocycles. The summed E-state index contributed by atoms with van der Waals surface area (Å²) in [6, 6.07) is 0. The fraction of sp³-hybridized carbons (Fsp3) is 0.636. The first-order valence-electron chi connectivity index (χ1n) is 5.60. The zero-order valence-electron chi connectivity index (χ0n) is 9.73. The van der Waals surface area contributed by atoms with Crippen LogP contribution in [0.4, 0.5) is 0 Å². The van der Waals surface area contributed by atoms with E-state index in [2.05, 4.69) is 10.3 Å². The van der Waals surface area contributed by atoms with Gasteiger partial charge in [0, 0.05) is 32.6 Å². The second-order valence-corrected chi connectivity index (χ2v) is 5.50. The van der Waals surface area contributed by atoms with Crippen LogP contribution in [0.1, 0.15) is 27.5 Å². The Morgan fingerprint density at radius 3 is 2.94 bits per heavy atom. The van der Waals surface area contributed by atoms with Crippen molar-refractivity contribution in [3.63, 3.8) is 0 Å². The number of hydrogen-bond acceptors (Lipinski definition) is 5. The lowest BCUT2D eigenvalue weighted by Crippen LogP contribution is -2.46. The van der Waals surface area contributed by atoms with Gasteiger partial charge in [-0.2, -0.15) is 0 Å². The molecule has 6 heteroatoms. The number of amides is 1. The third kappa shape index (κ3) is 3.24. The Morgan fingerprint density at radius 2 is 2.35 bits per heavy atom. The number of aliphatic hydroxyl groups is 1. The SMILES string of the molecule is Cc1ncc(C(=O)NCC2(O)CCOCC2)s1. The number of aryl methyl sites for hydroxylation is 1. The Hall–Kier alpha value is -0.980. The van der Waals surface area contributed by atoms with E-state index in [0.29, 0.717) is 30.9 Å². The van der Waals surface area contributed by atoms with Crippen LogP contribution in [0, 0.1) is 6.92 Å². The number of hydrogen-bond donors (Lipinski definition) is 2. The number of rotatable bonds is 3. The number of nitrogens with one attached hydrogen (secondary N) is 1. The predicted molar refractivity (Wildman–Crippen MR) is 64.2 cm³/mol. The summed E-state index contributed by atoms with van der Waals surface area (Å²) < 4.78 is 5.18. The molecule has 0 unspecified atom stereocenters. The molecule has 94 valence electrons. The third-order valence-corrected chi connectivity index (χ3v) is 3.76. The summed E-state index contributed by atoms with van der Waals surface area (Å²) in [5.41, 5.74) is -0.826. The van der Waals surface area contributed by atoms with Crippen molar-refractivity contribution in [2.24, 2.45) is 0 Å². The van der Waals surface area contributed by atoms with Crippen LogP contribution >= 0.6 is 11.3 Å². The highest BCUT2D eigenvalue weighted by molar-refractivity contribution is 7.13. The van der Waals surface area contributed by atoms with E-state index < -0.39 is 5.60 Å². The third-order valence-electron chi connectivity index (χ3n) is 2.85. The minimum atomic E-state index is -0.826. The molecule has 0 aliphatic carbocycles. The molecule has 1 aromatic rings. The Kier molecular flexibility index (Phi) is 3.76. The Bertz CT molecular complexity index is 399. The molecule has 0 bridgehead atoms. The molecule has 0 atom stereocenters.